The Hall–Kier alpha value is -2.57. The maximum absolute atomic E-state index is 13.4. The van der Waals surface area contributed by atoms with E-state index in [1.165, 1.54) is 0 Å². The zero-order valence-corrected chi connectivity index (χ0v) is 12.1. The lowest BCUT2D eigenvalue weighted by atomic mass is 10.1. The Morgan fingerprint density at radius 1 is 1.04 bits per heavy atom. The van der Waals surface area contributed by atoms with Crippen molar-refractivity contribution < 1.29 is 27.1 Å². The molecule has 0 saturated heterocycles. The highest BCUT2D eigenvalue weighted by Gasteiger charge is 2.22. The number of carbonyl (C=O) groups is 1. The number of halogens is 4. The second-order valence-corrected chi connectivity index (χ2v) is 4.77. The molecule has 122 valence electrons. The Kier molecular flexibility index (Phi) is 5.20. The SMILES string of the molecule is Cc1ccc(OCCNC(=O)c2cc(F)c(F)c(F)c2F)cc1. The number of ether oxygens (including phenoxy) is 1. The molecule has 0 radical (unpaired) electrons. The monoisotopic (exact) mass is 327 g/mol. The van der Waals surface area contributed by atoms with Crippen molar-refractivity contribution in [2.75, 3.05) is 13.2 Å². The molecular formula is C16H13F4NO2. The maximum Gasteiger partial charge on any atom is 0.254 e. The molecule has 3 nitrogen and oxygen atoms in total. The summed E-state index contributed by atoms with van der Waals surface area (Å²) >= 11 is 0. The molecule has 0 spiro atoms. The third-order valence-corrected chi connectivity index (χ3v) is 3.02. The molecule has 0 saturated carbocycles. The van der Waals surface area contributed by atoms with Gasteiger partial charge in [0, 0.05) is 0 Å². The van der Waals surface area contributed by atoms with Gasteiger partial charge < -0.3 is 10.1 Å². The van der Waals surface area contributed by atoms with Gasteiger partial charge in [-0.25, -0.2) is 17.6 Å². The topological polar surface area (TPSA) is 38.3 Å². The van der Waals surface area contributed by atoms with Crippen molar-refractivity contribution in [2.24, 2.45) is 0 Å². The van der Waals surface area contributed by atoms with Crippen LogP contribution in [-0.4, -0.2) is 19.1 Å². The summed E-state index contributed by atoms with van der Waals surface area (Å²) in [7, 11) is 0. The van der Waals surface area contributed by atoms with Crippen molar-refractivity contribution in [3.05, 3.63) is 64.7 Å². The van der Waals surface area contributed by atoms with Crippen molar-refractivity contribution >= 4 is 5.91 Å². The molecule has 0 heterocycles. The van der Waals surface area contributed by atoms with Crippen LogP contribution >= 0.6 is 0 Å². The fourth-order valence-electron chi connectivity index (χ4n) is 1.80. The average molecular weight is 327 g/mol. The van der Waals surface area contributed by atoms with E-state index in [9.17, 15) is 22.4 Å². The normalized spacial score (nSPS) is 10.5. The minimum atomic E-state index is -2.02. The van der Waals surface area contributed by atoms with E-state index in [1.807, 2.05) is 19.1 Å². The van der Waals surface area contributed by atoms with Gasteiger partial charge in [-0.2, -0.15) is 0 Å². The third kappa shape index (κ3) is 4.00. The molecular weight excluding hydrogens is 314 g/mol. The largest absolute Gasteiger partial charge is 0.492 e. The van der Waals surface area contributed by atoms with E-state index < -0.39 is 34.7 Å². The lowest BCUT2D eigenvalue weighted by molar-refractivity contribution is 0.0941. The number of amides is 1. The molecule has 2 aromatic rings. The Bertz CT molecular complexity index is 717. The minimum Gasteiger partial charge on any atom is -0.492 e. The summed E-state index contributed by atoms with van der Waals surface area (Å²) in [5.41, 5.74) is 0.151. The molecule has 0 aliphatic carbocycles. The van der Waals surface area contributed by atoms with Gasteiger partial charge >= 0.3 is 0 Å². The van der Waals surface area contributed by atoms with Gasteiger partial charge in [-0.3, -0.25) is 4.79 Å². The molecule has 7 heteroatoms. The molecule has 0 aliphatic heterocycles. The molecule has 1 amide bonds. The summed E-state index contributed by atoms with van der Waals surface area (Å²) in [5.74, 6) is -7.83. The number of nitrogens with one attached hydrogen (secondary N) is 1. The molecule has 0 aromatic heterocycles. The van der Waals surface area contributed by atoms with Gasteiger partial charge in [-0.05, 0) is 25.1 Å². The van der Waals surface area contributed by atoms with E-state index in [1.54, 1.807) is 12.1 Å². The zero-order chi connectivity index (χ0) is 17.0. The van der Waals surface area contributed by atoms with Gasteiger partial charge in [0.1, 0.15) is 12.4 Å². The summed E-state index contributed by atoms with van der Waals surface area (Å²) in [6, 6.07) is 7.47. The number of carbonyl (C=O) groups excluding carboxylic acids is 1. The number of benzene rings is 2. The fraction of sp³-hybridized carbons (Fsp3) is 0.188. The summed E-state index contributed by atoms with van der Waals surface area (Å²) in [6.07, 6.45) is 0. The predicted molar refractivity (Wildman–Crippen MR) is 75.3 cm³/mol. The number of hydrogen-bond donors (Lipinski definition) is 1. The first kappa shape index (κ1) is 16.8. The van der Waals surface area contributed by atoms with Gasteiger partial charge in [0.05, 0.1) is 12.1 Å². The Labute approximate surface area is 129 Å². The van der Waals surface area contributed by atoms with Crippen LogP contribution in [0.3, 0.4) is 0 Å². The zero-order valence-electron chi connectivity index (χ0n) is 12.1. The van der Waals surface area contributed by atoms with Crippen LogP contribution in [-0.2, 0) is 0 Å². The van der Waals surface area contributed by atoms with Gasteiger partial charge in [-0.1, -0.05) is 17.7 Å². The Balaban J connectivity index is 1.91. The van der Waals surface area contributed by atoms with Crippen LogP contribution in [0, 0.1) is 30.2 Å². The average Bonchev–Trinajstić information content (AvgIpc) is 2.54. The second kappa shape index (κ2) is 7.13. The molecule has 0 unspecified atom stereocenters. The molecule has 0 aliphatic rings. The first-order valence-electron chi connectivity index (χ1n) is 6.71. The first-order chi connectivity index (χ1) is 10.9. The van der Waals surface area contributed by atoms with Gasteiger partial charge in [0.25, 0.3) is 5.91 Å². The molecule has 0 atom stereocenters. The summed E-state index contributed by atoms with van der Waals surface area (Å²) in [6.45, 7) is 1.97. The number of rotatable bonds is 5. The van der Waals surface area contributed by atoms with Crippen molar-refractivity contribution in [1.82, 2.24) is 5.32 Å². The molecule has 2 rings (SSSR count). The van der Waals surface area contributed by atoms with Crippen molar-refractivity contribution in [3.8, 4) is 5.75 Å². The van der Waals surface area contributed by atoms with E-state index in [0.29, 0.717) is 11.8 Å². The van der Waals surface area contributed by atoms with Crippen LogP contribution in [0.25, 0.3) is 0 Å². The molecule has 0 fully saturated rings. The summed E-state index contributed by atoms with van der Waals surface area (Å²) in [4.78, 5) is 11.7. The van der Waals surface area contributed by atoms with Crippen molar-refractivity contribution in [1.29, 1.82) is 0 Å². The standard InChI is InChI=1S/C16H13F4NO2/c1-9-2-4-10(5-3-9)23-7-6-21-16(22)11-8-12(17)14(19)15(20)13(11)18/h2-5,8H,6-7H2,1H3,(H,21,22). The van der Waals surface area contributed by atoms with Crippen LogP contribution in [0.15, 0.2) is 30.3 Å². The van der Waals surface area contributed by atoms with Crippen molar-refractivity contribution in [3.63, 3.8) is 0 Å². The van der Waals surface area contributed by atoms with Crippen molar-refractivity contribution in [2.45, 2.75) is 6.92 Å². The quantitative estimate of drug-likeness (QED) is 0.396. The van der Waals surface area contributed by atoms with Crippen LogP contribution in [0.5, 0.6) is 5.75 Å². The lowest BCUT2D eigenvalue weighted by Crippen LogP contribution is -2.29. The van der Waals surface area contributed by atoms with E-state index >= 15 is 0 Å². The summed E-state index contributed by atoms with van der Waals surface area (Å²) < 4.78 is 57.7. The maximum atomic E-state index is 13.4. The lowest BCUT2D eigenvalue weighted by Gasteiger charge is -2.09. The predicted octanol–water partition coefficient (Wildman–Crippen LogP) is 3.36. The van der Waals surface area contributed by atoms with E-state index in [4.69, 9.17) is 4.74 Å². The van der Waals surface area contributed by atoms with Crippen LogP contribution < -0.4 is 10.1 Å². The van der Waals surface area contributed by atoms with Crippen LogP contribution in [0.1, 0.15) is 15.9 Å². The second-order valence-electron chi connectivity index (χ2n) is 4.77. The fourth-order valence-corrected chi connectivity index (χ4v) is 1.80. The smallest absolute Gasteiger partial charge is 0.254 e. The minimum absolute atomic E-state index is 0.0211. The Morgan fingerprint density at radius 3 is 2.35 bits per heavy atom. The highest BCUT2D eigenvalue weighted by atomic mass is 19.2. The van der Waals surface area contributed by atoms with E-state index in [-0.39, 0.29) is 13.2 Å². The van der Waals surface area contributed by atoms with E-state index in [2.05, 4.69) is 5.32 Å². The first-order valence-corrected chi connectivity index (χ1v) is 6.71. The van der Waals surface area contributed by atoms with E-state index in [0.717, 1.165) is 5.56 Å². The summed E-state index contributed by atoms with van der Waals surface area (Å²) in [5, 5.41) is 2.24. The molecule has 0 bridgehead atoms. The molecule has 1 N–H and O–H groups in total. The van der Waals surface area contributed by atoms with Crippen LogP contribution in [0.4, 0.5) is 17.6 Å². The molecule has 2 aromatic carbocycles. The molecule has 23 heavy (non-hydrogen) atoms. The van der Waals surface area contributed by atoms with Gasteiger partial charge in [0.2, 0.25) is 0 Å². The van der Waals surface area contributed by atoms with Gasteiger partial charge in [0.15, 0.2) is 23.3 Å². The van der Waals surface area contributed by atoms with Gasteiger partial charge in [-0.15, -0.1) is 0 Å². The third-order valence-electron chi connectivity index (χ3n) is 3.02. The van der Waals surface area contributed by atoms with Crippen LogP contribution in [0.2, 0.25) is 0 Å². The number of aryl methyl sites for hydroxylation is 1. The Morgan fingerprint density at radius 2 is 1.70 bits per heavy atom. The number of hydrogen-bond acceptors (Lipinski definition) is 2. The highest BCUT2D eigenvalue weighted by Crippen LogP contribution is 2.18. The highest BCUT2D eigenvalue weighted by molar-refractivity contribution is 5.94.